The van der Waals surface area contributed by atoms with Crippen molar-refractivity contribution in [2.45, 2.75) is 39.5 Å². The first kappa shape index (κ1) is 29.0. The predicted molar refractivity (Wildman–Crippen MR) is 137 cm³/mol. The molecule has 0 radical (unpaired) electrons. The number of amides is 3. The molecular formula is C25H26F3N9O4. The van der Waals surface area contributed by atoms with Crippen molar-refractivity contribution in [1.82, 2.24) is 40.5 Å². The van der Waals surface area contributed by atoms with Crippen LogP contribution in [0, 0.1) is 13.8 Å². The summed E-state index contributed by atoms with van der Waals surface area (Å²) in [4.78, 5) is 52.8. The summed E-state index contributed by atoms with van der Waals surface area (Å²) in [6.07, 6.45) is -0.524. The van der Waals surface area contributed by atoms with Gasteiger partial charge in [-0.25, -0.2) is 4.98 Å². The third-order valence-electron chi connectivity index (χ3n) is 6.22. The lowest BCUT2D eigenvalue weighted by Gasteiger charge is -2.28. The second-order valence-electron chi connectivity index (χ2n) is 9.06. The monoisotopic (exact) mass is 573 g/mol. The molecule has 3 aromatic rings. The topological polar surface area (TPSA) is 158 Å². The number of carbonyl (C=O) groups is 3. The van der Waals surface area contributed by atoms with E-state index >= 15 is 0 Å². The van der Waals surface area contributed by atoms with Crippen molar-refractivity contribution in [3.63, 3.8) is 0 Å². The second kappa shape index (κ2) is 11.6. The van der Waals surface area contributed by atoms with Gasteiger partial charge in [-0.05, 0) is 26.8 Å². The Hall–Kier alpha value is -5.02. The summed E-state index contributed by atoms with van der Waals surface area (Å²) in [5, 5.41) is 12.2. The first-order valence-corrected chi connectivity index (χ1v) is 12.2. The molecule has 13 nitrogen and oxygen atoms in total. The summed E-state index contributed by atoms with van der Waals surface area (Å²) in [5.74, 6) is -0.504. The third kappa shape index (κ3) is 6.26. The standard InChI is InChI=1S/C25H26F3N9O4/c1-13-5-17(35-41-13)10-36(12-38)24(40)21-22(29-4)32-11-37(21)15(3)23(39)34-20-9-30-8-19(33-20)16-6-18(25(26,27)28)14(2)31-7-16/h5-9,12,15,29,32H,10-11H2,1-4H3,(H,33,34,39)/t15-/m0/s1. The minimum absolute atomic E-state index is 0.0257. The number of hydrogen-bond donors (Lipinski definition) is 3. The normalized spacial score (nSPS) is 14.0. The van der Waals surface area contributed by atoms with Crippen molar-refractivity contribution in [2.24, 2.45) is 0 Å². The Morgan fingerprint density at radius 1 is 1.24 bits per heavy atom. The lowest BCUT2D eigenvalue weighted by molar-refractivity contribution is -0.139. The van der Waals surface area contributed by atoms with E-state index in [-0.39, 0.29) is 41.7 Å². The molecule has 216 valence electrons. The number of nitrogens with one attached hydrogen (secondary N) is 3. The minimum atomic E-state index is -4.60. The Labute approximate surface area is 231 Å². The van der Waals surface area contributed by atoms with Gasteiger partial charge in [-0.1, -0.05) is 5.16 Å². The largest absolute Gasteiger partial charge is 0.418 e. The molecule has 0 aliphatic carbocycles. The molecular weight excluding hydrogens is 547 g/mol. The van der Waals surface area contributed by atoms with Gasteiger partial charge in [-0.3, -0.25) is 29.3 Å². The Kier molecular flexibility index (Phi) is 8.21. The molecule has 1 aliphatic heterocycles. The van der Waals surface area contributed by atoms with Crippen LogP contribution in [-0.4, -0.2) is 67.9 Å². The SMILES string of the molecule is CNC1=C(C(=O)N(C=O)Cc2cc(C)on2)N([C@@H](C)C(=O)Nc2cncc(-c3cnc(C)c(C(F)(F)F)c3)n2)CN1. The van der Waals surface area contributed by atoms with E-state index < -0.39 is 29.6 Å². The van der Waals surface area contributed by atoms with Crippen LogP contribution in [0.5, 0.6) is 0 Å². The van der Waals surface area contributed by atoms with Crippen LogP contribution in [0.2, 0.25) is 0 Å². The van der Waals surface area contributed by atoms with Crippen molar-refractivity contribution in [3.05, 3.63) is 65.0 Å². The molecule has 0 saturated carbocycles. The van der Waals surface area contributed by atoms with Crippen molar-refractivity contribution in [2.75, 3.05) is 19.0 Å². The van der Waals surface area contributed by atoms with Crippen molar-refractivity contribution in [1.29, 1.82) is 0 Å². The lowest BCUT2D eigenvalue weighted by Crippen LogP contribution is -2.45. The zero-order valence-corrected chi connectivity index (χ0v) is 22.4. The Balaban J connectivity index is 1.53. The number of pyridine rings is 1. The molecule has 0 unspecified atom stereocenters. The van der Waals surface area contributed by atoms with E-state index in [1.165, 1.54) is 37.3 Å². The maximum absolute atomic E-state index is 13.4. The number of anilines is 1. The molecule has 0 fully saturated rings. The Morgan fingerprint density at radius 2 is 2.00 bits per heavy atom. The number of alkyl halides is 3. The fourth-order valence-corrected chi connectivity index (χ4v) is 4.10. The van der Waals surface area contributed by atoms with Gasteiger partial charge in [0, 0.05) is 30.6 Å². The van der Waals surface area contributed by atoms with Crippen LogP contribution in [-0.2, 0) is 27.1 Å². The Morgan fingerprint density at radius 3 is 2.63 bits per heavy atom. The molecule has 3 amide bonds. The first-order valence-electron chi connectivity index (χ1n) is 12.2. The smallest absolute Gasteiger partial charge is 0.373 e. The zero-order chi connectivity index (χ0) is 29.9. The highest BCUT2D eigenvalue weighted by molar-refractivity contribution is 6.01. The molecule has 0 saturated heterocycles. The number of aryl methyl sites for hydroxylation is 2. The van der Waals surface area contributed by atoms with Crippen molar-refractivity contribution < 1.29 is 32.1 Å². The van der Waals surface area contributed by atoms with E-state index in [2.05, 4.69) is 36.1 Å². The van der Waals surface area contributed by atoms with Crippen molar-refractivity contribution >= 4 is 24.0 Å². The van der Waals surface area contributed by atoms with E-state index in [0.717, 1.165) is 11.0 Å². The second-order valence-corrected chi connectivity index (χ2v) is 9.06. The molecule has 1 atom stereocenters. The molecule has 1 aliphatic rings. The summed E-state index contributed by atoms with van der Waals surface area (Å²) in [6, 6.07) is 1.54. The lowest BCUT2D eigenvalue weighted by atomic mass is 10.1. The van der Waals surface area contributed by atoms with E-state index in [1.807, 2.05) is 0 Å². The van der Waals surface area contributed by atoms with Crippen LogP contribution in [0.4, 0.5) is 19.0 Å². The van der Waals surface area contributed by atoms with Gasteiger partial charge in [0.2, 0.25) is 12.3 Å². The number of hydrogen-bond acceptors (Lipinski definition) is 11. The van der Waals surface area contributed by atoms with Gasteiger partial charge >= 0.3 is 6.18 Å². The number of rotatable bonds is 9. The van der Waals surface area contributed by atoms with Crippen molar-refractivity contribution in [3.8, 4) is 11.3 Å². The van der Waals surface area contributed by atoms with E-state index in [4.69, 9.17) is 4.52 Å². The summed E-state index contributed by atoms with van der Waals surface area (Å²) in [6.45, 7) is 4.36. The number of aromatic nitrogens is 4. The summed E-state index contributed by atoms with van der Waals surface area (Å²) in [7, 11) is 1.57. The number of carbonyl (C=O) groups excluding carboxylic acids is 3. The molecule has 0 aromatic carbocycles. The highest BCUT2D eigenvalue weighted by atomic mass is 19.4. The molecule has 0 bridgehead atoms. The number of nitrogens with zero attached hydrogens (tertiary/aromatic N) is 6. The fourth-order valence-electron chi connectivity index (χ4n) is 4.10. The summed E-state index contributed by atoms with van der Waals surface area (Å²) < 4.78 is 45.1. The molecule has 3 N–H and O–H groups in total. The molecule has 4 heterocycles. The van der Waals surface area contributed by atoms with Gasteiger partial charge in [0.05, 0.1) is 36.9 Å². The van der Waals surface area contributed by atoms with Crippen LogP contribution < -0.4 is 16.0 Å². The van der Waals surface area contributed by atoms with Crippen LogP contribution in [0.15, 0.2) is 46.8 Å². The molecule has 4 rings (SSSR count). The first-order chi connectivity index (χ1) is 19.4. The van der Waals surface area contributed by atoms with E-state index in [9.17, 15) is 27.6 Å². The maximum Gasteiger partial charge on any atom is 0.418 e. The average Bonchev–Trinajstić information content (AvgIpc) is 3.56. The quantitative estimate of drug-likeness (QED) is 0.321. The third-order valence-corrected chi connectivity index (χ3v) is 6.22. The minimum Gasteiger partial charge on any atom is -0.373 e. The highest BCUT2D eigenvalue weighted by Gasteiger charge is 2.37. The van der Waals surface area contributed by atoms with Crippen LogP contribution in [0.25, 0.3) is 11.3 Å². The van der Waals surface area contributed by atoms with Gasteiger partial charge in [0.25, 0.3) is 5.91 Å². The van der Waals surface area contributed by atoms with Gasteiger partial charge < -0.3 is 25.4 Å². The zero-order valence-electron chi connectivity index (χ0n) is 22.4. The number of imide groups is 1. The predicted octanol–water partition coefficient (Wildman–Crippen LogP) is 1.93. The fraction of sp³-hybridized carbons (Fsp3) is 0.320. The van der Waals surface area contributed by atoms with Gasteiger partial charge in [-0.2, -0.15) is 13.2 Å². The molecule has 0 spiro atoms. The summed E-state index contributed by atoms with van der Waals surface area (Å²) in [5.41, 5.74) is -0.567. The van der Waals surface area contributed by atoms with E-state index in [1.54, 1.807) is 20.0 Å². The van der Waals surface area contributed by atoms with Crippen LogP contribution in [0.1, 0.15) is 29.6 Å². The van der Waals surface area contributed by atoms with Gasteiger partial charge in [-0.15, -0.1) is 0 Å². The Bertz CT molecular complexity index is 1510. The number of halogens is 3. The van der Waals surface area contributed by atoms with E-state index in [0.29, 0.717) is 23.7 Å². The van der Waals surface area contributed by atoms with Gasteiger partial charge in [0.15, 0.2) is 5.82 Å². The van der Waals surface area contributed by atoms with Gasteiger partial charge in [0.1, 0.15) is 29.0 Å². The van der Waals surface area contributed by atoms with Crippen LogP contribution in [0.3, 0.4) is 0 Å². The van der Waals surface area contributed by atoms with Crippen LogP contribution >= 0.6 is 0 Å². The molecule has 3 aromatic heterocycles. The average molecular weight is 574 g/mol. The molecule has 41 heavy (non-hydrogen) atoms. The maximum atomic E-state index is 13.4. The molecule has 16 heteroatoms. The summed E-state index contributed by atoms with van der Waals surface area (Å²) >= 11 is 0. The highest BCUT2D eigenvalue weighted by Crippen LogP contribution is 2.33.